The standard InChI is InChI=1S/C9H10O.C7H12O3/c1-3-8-4-6-9(10-2)7-5-8;1-4-9-6(3)7(8)10-5-2/h3-7H,1H2,2H3;3-5H2,1-2H3. The minimum atomic E-state index is -0.482. The van der Waals surface area contributed by atoms with Crippen LogP contribution < -0.4 is 4.74 Å². The van der Waals surface area contributed by atoms with Crippen molar-refractivity contribution < 1.29 is 19.0 Å². The fourth-order valence-electron chi connectivity index (χ4n) is 1.18. The number of hydrogen-bond donors (Lipinski definition) is 0. The number of ether oxygens (including phenoxy) is 3. The smallest absolute Gasteiger partial charge is 0.372 e. The van der Waals surface area contributed by atoms with Gasteiger partial charge in [-0.1, -0.05) is 24.8 Å². The van der Waals surface area contributed by atoms with Crippen LogP contribution in [0.5, 0.6) is 5.75 Å². The summed E-state index contributed by atoms with van der Waals surface area (Å²) in [5, 5.41) is 0. The predicted octanol–water partition coefficient (Wildman–Crippen LogP) is 3.44. The number of methoxy groups -OCH3 is 1. The first kappa shape index (κ1) is 17.8. The van der Waals surface area contributed by atoms with Crippen molar-refractivity contribution in [2.24, 2.45) is 0 Å². The van der Waals surface area contributed by atoms with Gasteiger partial charge in [-0.2, -0.15) is 0 Å². The number of rotatable bonds is 6. The van der Waals surface area contributed by atoms with E-state index in [-0.39, 0.29) is 5.76 Å². The Kier molecular flexibility index (Phi) is 9.48. The summed E-state index contributed by atoms with van der Waals surface area (Å²) in [7, 11) is 1.66. The highest BCUT2D eigenvalue weighted by molar-refractivity contribution is 5.85. The van der Waals surface area contributed by atoms with Crippen LogP contribution in [0.15, 0.2) is 43.2 Å². The summed E-state index contributed by atoms with van der Waals surface area (Å²) in [6.07, 6.45) is 1.80. The highest BCUT2D eigenvalue weighted by atomic mass is 16.6. The highest BCUT2D eigenvalue weighted by Gasteiger charge is 2.06. The fraction of sp³-hybridized carbons (Fsp3) is 0.312. The zero-order valence-electron chi connectivity index (χ0n) is 12.3. The second-order valence-corrected chi connectivity index (χ2v) is 3.55. The minimum Gasteiger partial charge on any atom is -0.497 e. The largest absolute Gasteiger partial charge is 0.497 e. The van der Waals surface area contributed by atoms with Crippen molar-refractivity contribution in [3.05, 3.63) is 48.7 Å². The molecule has 1 aromatic rings. The summed E-state index contributed by atoms with van der Waals surface area (Å²) in [6, 6.07) is 7.76. The molecule has 4 heteroatoms. The van der Waals surface area contributed by atoms with E-state index in [1.807, 2.05) is 24.3 Å². The van der Waals surface area contributed by atoms with Gasteiger partial charge in [-0.3, -0.25) is 0 Å². The van der Waals surface area contributed by atoms with Gasteiger partial charge < -0.3 is 14.2 Å². The molecular formula is C16H22O4. The summed E-state index contributed by atoms with van der Waals surface area (Å²) < 4.78 is 14.4. The van der Waals surface area contributed by atoms with Gasteiger partial charge >= 0.3 is 5.97 Å². The van der Waals surface area contributed by atoms with E-state index in [0.717, 1.165) is 11.3 Å². The molecule has 0 bridgehead atoms. The molecule has 20 heavy (non-hydrogen) atoms. The molecule has 0 spiro atoms. The third-order valence-corrected chi connectivity index (χ3v) is 2.17. The molecule has 0 radical (unpaired) electrons. The van der Waals surface area contributed by atoms with Crippen LogP contribution in [0.4, 0.5) is 0 Å². The Balaban J connectivity index is 0.000000361. The van der Waals surface area contributed by atoms with Crippen molar-refractivity contribution in [3.8, 4) is 5.75 Å². The van der Waals surface area contributed by atoms with Gasteiger partial charge in [-0.15, -0.1) is 0 Å². The van der Waals surface area contributed by atoms with Crippen LogP contribution in [0.1, 0.15) is 19.4 Å². The summed E-state index contributed by atoms with van der Waals surface area (Å²) in [6.45, 7) is 11.3. The van der Waals surface area contributed by atoms with Crippen LogP contribution in [0.25, 0.3) is 6.08 Å². The molecular weight excluding hydrogens is 256 g/mol. The third kappa shape index (κ3) is 7.26. The average Bonchev–Trinajstić information content (AvgIpc) is 2.48. The summed E-state index contributed by atoms with van der Waals surface area (Å²) in [5.74, 6) is 0.472. The first-order valence-electron chi connectivity index (χ1n) is 6.34. The van der Waals surface area contributed by atoms with Gasteiger partial charge in [-0.25, -0.2) is 4.79 Å². The van der Waals surface area contributed by atoms with Crippen LogP contribution in [0, 0.1) is 0 Å². The number of carbonyl (C=O) groups is 1. The van der Waals surface area contributed by atoms with E-state index < -0.39 is 5.97 Å². The lowest BCUT2D eigenvalue weighted by atomic mass is 10.2. The Morgan fingerprint density at radius 1 is 1.15 bits per heavy atom. The van der Waals surface area contributed by atoms with Crippen molar-refractivity contribution in [1.29, 1.82) is 0 Å². The topological polar surface area (TPSA) is 44.8 Å². The van der Waals surface area contributed by atoms with Crippen LogP contribution >= 0.6 is 0 Å². The van der Waals surface area contributed by atoms with Crippen molar-refractivity contribution >= 4 is 12.0 Å². The Labute approximate surface area is 120 Å². The average molecular weight is 278 g/mol. The molecule has 0 aromatic heterocycles. The molecule has 0 atom stereocenters. The molecule has 0 aliphatic heterocycles. The van der Waals surface area contributed by atoms with Gasteiger partial charge in [0, 0.05) is 0 Å². The Bertz CT molecular complexity index is 405. The first-order chi connectivity index (χ1) is 9.58. The van der Waals surface area contributed by atoms with E-state index in [0.29, 0.717) is 13.2 Å². The van der Waals surface area contributed by atoms with Crippen molar-refractivity contribution in [2.75, 3.05) is 20.3 Å². The van der Waals surface area contributed by atoms with E-state index in [1.165, 1.54) is 0 Å². The molecule has 110 valence electrons. The second-order valence-electron chi connectivity index (χ2n) is 3.55. The van der Waals surface area contributed by atoms with Crippen molar-refractivity contribution in [3.63, 3.8) is 0 Å². The van der Waals surface area contributed by atoms with Crippen LogP contribution in [-0.2, 0) is 14.3 Å². The van der Waals surface area contributed by atoms with Gasteiger partial charge in [0.1, 0.15) is 5.75 Å². The molecule has 0 fully saturated rings. The lowest BCUT2D eigenvalue weighted by molar-refractivity contribution is -0.142. The van der Waals surface area contributed by atoms with Crippen LogP contribution in [-0.4, -0.2) is 26.3 Å². The van der Waals surface area contributed by atoms with Crippen molar-refractivity contribution in [1.82, 2.24) is 0 Å². The maximum absolute atomic E-state index is 10.7. The number of benzene rings is 1. The minimum absolute atomic E-state index is 0.0735. The lowest BCUT2D eigenvalue weighted by Gasteiger charge is -2.04. The molecule has 1 aromatic carbocycles. The maximum atomic E-state index is 10.7. The Morgan fingerprint density at radius 2 is 1.70 bits per heavy atom. The second kappa shape index (κ2) is 10.7. The molecule has 0 heterocycles. The Morgan fingerprint density at radius 3 is 2.10 bits per heavy atom. The van der Waals surface area contributed by atoms with Gasteiger partial charge in [0.15, 0.2) is 5.76 Å². The Hall–Kier alpha value is -2.23. The molecule has 0 aliphatic rings. The molecule has 0 aliphatic carbocycles. The zero-order valence-corrected chi connectivity index (χ0v) is 12.3. The number of esters is 1. The first-order valence-corrected chi connectivity index (χ1v) is 6.34. The van der Waals surface area contributed by atoms with E-state index in [1.54, 1.807) is 27.0 Å². The molecule has 1 rings (SSSR count). The lowest BCUT2D eigenvalue weighted by Crippen LogP contribution is -2.09. The fourth-order valence-corrected chi connectivity index (χ4v) is 1.18. The molecule has 0 N–H and O–H groups in total. The van der Waals surface area contributed by atoms with Crippen molar-refractivity contribution in [2.45, 2.75) is 13.8 Å². The normalized spacial score (nSPS) is 8.75. The van der Waals surface area contributed by atoms with Crippen LogP contribution in [0.3, 0.4) is 0 Å². The highest BCUT2D eigenvalue weighted by Crippen LogP contribution is 2.11. The van der Waals surface area contributed by atoms with Gasteiger partial charge in [0.05, 0.1) is 20.3 Å². The molecule has 0 amide bonds. The monoisotopic (exact) mass is 278 g/mol. The third-order valence-electron chi connectivity index (χ3n) is 2.17. The van der Waals surface area contributed by atoms with Gasteiger partial charge in [0.2, 0.25) is 0 Å². The molecule has 0 saturated heterocycles. The van der Waals surface area contributed by atoms with Gasteiger partial charge in [-0.05, 0) is 38.1 Å². The summed E-state index contributed by atoms with van der Waals surface area (Å²) in [4.78, 5) is 10.7. The number of carbonyl (C=O) groups excluding carboxylic acids is 1. The molecule has 0 saturated carbocycles. The van der Waals surface area contributed by atoms with Crippen LogP contribution in [0.2, 0.25) is 0 Å². The number of hydrogen-bond acceptors (Lipinski definition) is 4. The van der Waals surface area contributed by atoms with E-state index in [4.69, 9.17) is 9.47 Å². The maximum Gasteiger partial charge on any atom is 0.372 e. The predicted molar refractivity (Wildman–Crippen MR) is 80.5 cm³/mol. The summed E-state index contributed by atoms with van der Waals surface area (Å²) >= 11 is 0. The molecule has 0 unspecified atom stereocenters. The molecule has 4 nitrogen and oxygen atoms in total. The zero-order chi connectivity index (χ0) is 15.4. The van der Waals surface area contributed by atoms with Gasteiger partial charge in [0.25, 0.3) is 0 Å². The van der Waals surface area contributed by atoms with E-state index in [9.17, 15) is 4.79 Å². The quantitative estimate of drug-likeness (QED) is 0.454. The van der Waals surface area contributed by atoms with E-state index in [2.05, 4.69) is 17.9 Å². The van der Waals surface area contributed by atoms with E-state index >= 15 is 0 Å². The SMILES string of the molecule is C=C(OCC)C(=O)OCC.C=Cc1ccc(OC)cc1. The summed E-state index contributed by atoms with van der Waals surface area (Å²) in [5.41, 5.74) is 1.11.